The zero-order chi connectivity index (χ0) is 12.4. The van der Waals surface area contributed by atoms with Crippen molar-refractivity contribution in [2.24, 2.45) is 0 Å². The second kappa shape index (κ2) is 4.49. The summed E-state index contributed by atoms with van der Waals surface area (Å²) in [7, 11) is 0. The molecular formula is C16H11FO. The van der Waals surface area contributed by atoms with Crippen molar-refractivity contribution in [2.75, 3.05) is 0 Å². The van der Waals surface area contributed by atoms with Crippen molar-refractivity contribution >= 4 is 22.9 Å². The van der Waals surface area contributed by atoms with Gasteiger partial charge in [0.25, 0.3) is 0 Å². The van der Waals surface area contributed by atoms with Crippen molar-refractivity contribution in [1.29, 1.82) is 0 Å². The molecule has 1 heterocycles. The fourth-order valence-corrected chi connectivity index (χ4v) is 1.87. The molecule has 0 atom stereocenters. The summed E-state index contributed by atoms with van der Waals surface area (Å²) in [5.41, 5.74) is 1.51. The Balaban J connectivity index is 2.01. The van der Waals surface area contributed by atoms with Crippen LogP contribution in [0.2, 0.25) is 0 Å². The Morgan fingerprint density at radius 2 is 1.67 bits per heavy atom. The Kier molecular flexibility index (Phi) is 2.69. The molecule has 18 heavy (non-hydrogen) atoms. The van der Waals surface area contributed by atoms with Crippen molar-refractivity contribution in [1.82, 2.24) is 0 Å². The van der Waals surface area contributed by atoms with E-state index in [1.807, 2.05) is 54.6 Å². The van der Waals surface area contributed by atoms with Gasteiger partial charge < -0.3 is 4.42 Å². The summed E-state index contributed by atoms with van der Waals surface area (Å²) in [6, 6.07) is 18.6. The Morgan fingerprint density at radius 1 is 0.944 bits per heavy atom. The molecule has 0 spiro atoms. The fraction of sp³-hybridized carbons (Fsp3) is 0. The Labute approximate surface area is 104 Å². The highest BCUT2D eigenvalue weighted by Crippen LogP contribution is 2.26. The maximum absolute atomic E-state index is 14.0. The first-order chi connectivity index (χ1) is 8.83. The third kappa shape index (κ3) is 2.05. The SMILES string of the molecule is F/C(=C\c1ccccc1)c1cc2ccccc2o1. The van der Waals surface area contributed by atoms with Crippen LogP contribution in [0.4, 0.5) is 4.39 Å². The van der Waals surface area contributed by atoms with Gasteiger partial charge >= 0.3 is 0 Å². The molecule has 3 aromatic rings. The second-order valence-electron chi connectivity index (χ2n) is 4.05. The van der Waals surface area contributed by atoms with Gasteiger partial charge in [0.1, 0.15) is 5.58 Å². The molecule has 0 radical (unpaired) electrons. The van der Waals surface area contributed by atoms with Crippen molar-refractivity contribution in [3.05, 3.63) is 72.0 Å². The van der Waals surface area contributed by atoms with Crippen molar-refractivity contribution in [2.45, 2.75) is 0 Å². The van der Waals surface area contributed by atoms with Gasteiger partial charge in [0.15, 0.2) is 11.6 Å². The van der Waals surface area contributed by atoms with Crippen LogP contribution in [0.3, 0.4) is 0 Å². The average molecular weight is 238 g/mol. The second-order valence-corrected chi connectivity index (χ2v) is 4.05. The number of rotatable bonds is 2. The van der Waals surface area contributed by atoms with Crippen molar-refractivity contribution in [3.63, 3.8) is 0 Å². The van der Waals surface area contributed by atoms with E-state index in [1.165, 1.54) is 6.08 Å². The lowest BCUT2D eigenvalue weighted by Crippen LogP contribution is -1.74. The summed E-state index contributed by atoms with van der Waals surface area (Å²) in [4.78, 5) is 0. The van der Waals surface area contributed by atoms with Gasteiger partial charge in [-0.05, 0) is 23.8 Å². The van der Waals surface area contributed by atoms with Gasteiger partial charge in [-0.1, -0.05) is 48.5 Å². The molecule has 0 unspecified atom stereocenters. The highest BCUT2D eigenvalue weighted by atomic mass is 19.1. The van der Waals surface area contributed by atoms with E-state index in [0.29, 0.717) is 5.58 Å². The zero-order valence-electron chi connectivity index (χ0n) is 9.64. The quantitative estimate of drug-likeness (QED) is 0.618. The van der Waals surface area contributed by atoms with Crippen molar-refractivity contribution in [3.8, 4) is 0 Å². The highest BCUT2D eigenvalue weighted by molar-refractivity contribution is 5.84. The van der Waals surface area contributed by atoms with Crippen LogP contribution in [0.15, 0.2) is 65.1 Å². The number of furan rings is 1. The summed E-state index contributed by atoms with van der Waals surface area (Å²) >= 11 is 0. The summed E-state index contributed by atoms with van der Waals surface area (Å²) < 4.78 is 19.5. The third-order valence-electron chi connectivity index (χ3n) is 2.75. The van der Waals surface area contributed by atoms with Crippen LogP contribution in [0.1, 0.15) is 11.3 Å². The lowest BCUT2D eigenvalue weighted by atomic mass is 10.2. The van der Waals surface area contributed by atoms with Gasteiger partial charge in [0, 0.05) is 5.39 Å². The smallest absolute Gasteiger partial charge is 0.166 e. The summed E-state index contributed by atoms with van der Waals surface area (Å²) in [6.45, 7) is 0. The maximum Gasteiger partial charge on any atom is 0.166 e. The number of fused-ring (bicyclic) bond motifs is 1. The predicted molar refractivity (Wildman–Crippen MR) is 71.6 cm³/mol. The van der Waals surface area contributed by atoms with Gasteiger partial charge in [0.2, 0.25) is 0 Å². The molecule has 3 rings (SSSR count). The van der Waals surface area contributed by atoms with E-state index in [0.717, 1.165) is 10.9 Å². The number of hydrogen-bond donors (Lipinski definition) is 0. The van der Waals surface area contributed by atoms with Crippen LogP contribution in [-0.4, -0.2) is 0 Å². The monoisotopic (exact) mass is 238 g/mol. The third-order valence-corrected chi connectivity index (χ3v) is 2.75. The molecule has 0 saturated carbocycles. The summed E-state index contributed by atoms with van der Waals surface area (Å²) in [6.07, 6.45) is 1.47. The van der Waals surface area contributed by atoms with Gasteiger partial charge in [-0.3, -0.25) is 0 Å². The molecule has 1 nitrogen and oxygen atoms in total. The largest absolute Gasteiger partial charge is 0.454 e. The van der Waals surface area contributed by atoms with E-state index in [1.54, 1.807) is 6.07 Å². The van der Waals surface area contributed by atoms with Crippen LogP contribution in [0.25, 0.3) is 22.9 Å². The molecule has 0 bridgehead atoms. The molecule has 0 fully saturated rings. The topological polar surface area (TPSA) is 13.1 Å². The molecule has 0 N–H and O–H groups in total. The predicted octanol–water partition coefficient (Wildman–Crippen LogP) is 4.90. The number of halogens is 1. The highest BCUT2D eigenvalue weighted by Gasteiger charge is 2.07. The van der Waals surface area contributed by atoms with E-state index in [9.17, 15) is 4.39 Å². The van der Waals surface area contributed by atoms with E-state index < -0.39 is 0 Å². The molecule has 0 aliphatic heterocycles. The number of para-hydroxylation sites is 1. The van der Waals surface area contributed by atoms with Crippen LogP contribution in [-0.2, 0) is 0 Å². The minimum absolute atomic E-state index is 0.264. The lowest BCUT2D eigenvalue weighted by Gasteiger charge is -1.93. The van der Waals surface area contributed by atoms with E-state index >= 15 is 0 Å². The minimum atomic E-state index is -0.364. The summed E-state index contributed by atoms with van der Waals surface area (Å²) in [5, 5.41) is 0.907. The van der Waals surface area contributed by atoms with E-state index in [4.69, 9.17) is 4.42 Å². The van der Waals surface area contributed by atoms with Gasteiger partial charge in [-0.15, -0.1) is 0 Å². The van der Waals surface area contributed by atoms with Gasteiger partial charge in [-0.2, -0.15) is 0 Å². The zero-order valence-corrected chi connectivity index (χ0v) is 9.64. The number of hydrogen-bond acceptors (Lipinski definition) is 1. The Morgan fingerprint density at radius 3 is 2.44 bits per heavy atom. The van der Waals surface area contributed by atoms with Crippen LogP contribution < -0.4 is 0 Å². The maximum atomic E-state index is 14.0. The number of benzene rings is 2. The molecule has 0 aliphatic rings. The van der Waals surface area contributed by atoms with E-state index in [2.05, 4.69) is 0 Å². The molecule has 0 saturated heterocycles. The van der Waals surface area contributed by atoms with Gasteiger partial charge in [0.05, 0.1) is 0 Å². The lowest BCUT2D eigenvalue weighted by molar-refractivity contribution is 0.572. The Bertz CT molecular complexity index is 662. The van der Waals surface area contributed by atoms with Crippen LogP contribution >= 0.6 is 0 Å². The van der Waals surface area contributed by atoms with Crippen LogP contribution in [0.5, 0.6) is 0 Å². The molecule has 0 aliphatic carbocycles. The molecular weight excluding hydrogens is 227 g/mol. The molecule has 0 amide bonds. The summed E-state index contributed by atoms with van der Waals surface area (Å²) in [5.74, 6) is -0.0996. The molecule has 2 aromatic carbocycles. The minimum Gasteiger partial charge on any atom is -0.454 e. The molecule has 1 aromatic heterocycles. The normalized spacial score (nSPS) is 11.9. The first kappa shape index (κ1) is 10.8. The average Bonchev–Trinajstić information content (AvgIpc) is 2.84. The fourth-order valence-electron chi connectivity index (χ4n) is 1.87. The molecule has 2 heteroatoms. The first-order valence-corrected chi connectivity index (χ1v) is 5.74. The van der Waals surface area contributed by atoms with E-state index in [-0.39, 0.29) is 11.6 Å². The first-order valence-electron chi connectivity index (χ1n) is 5.74. The molecule has 88 valence electrons. The standard InChI is InChI=1S/C16H11FO/c17-14(10-12-6-2-1-3-7-12)16-11-13-8-4-5-9-15(13)18-16/h1-11H/b14-10-. The Hall–Kier alpha value is -2.35. The van der Waals surface area contributed by atoms with Crippen molar-refractivity contribution < 1.29 is 8.81 Å². The van der Waals surface area contributed by atoms with Crippen LogP contribution in [0, 0.1) is 0 Å². The van der Waals surface area contributed by atoms with Gasteiger partial charge in [-0.25, -0.2) is 4.39 Å².